The van der Waals surface area contributed by atoms with Gasteiger partial charge in [-0.15, -0.1) is 0 Å². The molecule has 1 fully saturated rings. The third kappa shape index (κ3) is 5.47. The molecule has 0 aromatic carbocycles. The number of carbonyl (C=O) groups excluding carboxylic acids is 1. The topological polar surface area (TPSA) is 41.6 Å². The largest absolute Gasteiger partial charge is 0.383 e. The molecule has 1 aliphatic rings. The molecule has 1 amide bonds. The SMILES string of the molecule is CCCN(CC1CC1)C(=O)CNCCOC. The van der Waals surface area contributed by atoms with Gasteiger partial charge < -0.3 is 15.0 Å². The summed E-state index contributed by atoms with van der Waals surface area (Å²) in [6.07, 6.45) is 3.63. The minimum absolute atomic E-state index is 0.227. The maximum atomic E-state index is 11.9. The van der Waals surface area contributed by atoms with Crippen molar-refractivity contribution in [2.75, 3.05) is 39.9 Å². The zero-order valence-electron chi connectivity index (χ0n) is 10.5. The Morgan fingerprint density at radius 1 is 1.50 bits per heavy atom. The lowest BCUT2D eigenvalue weighted by atomic mass is 10.3. The van der Waals surface area contributed by atoms with Crippen LogP contribution in [0.2, 0.25) is 0 Å². The highest BCUT2D eigenvalue weighted by Crippen LogP contribution is 2.29. The van der Waals surface area contributed by atoms with Crippen LogP contribution in [-0.2, 0) is 9.53 Å². The summed E-state index contributed by atoms with van der Waals surface area (Å²) in [7, 11) is 1.67. The van der Waals surface area contributed by atoms with Crippen molar-refractivity contribution in [3.05, 3.63) is 0 Å². The van der Waals surface area contributed by atoms with Crippen LogP contribution in [0.15, 0.2) is 0 Å². The maximum absolute atomic E-state index is 11.9. The molecule has 1 N–H and O–H groups in total. The summed E-state index contributed by atoms with van der Waals surface area (Å²) in [5, 5.41) is 3.10. The van der Waals surface area contributed by atoms with Gasteiger partial charge in [0.1, 0.15) is 0 Å². The van der Waals surface area contributed by atoms with Crippen LogP contribution in [0.1, 0.15) is 26.2 Å². The summed E-state index contributed by atoms with van der Waals surface area (Å²) < 4.78 is 4.92. The molecule has 1 rings (SSSR count). The van der Waals surface area contributed by atoms with Gasteiger partial charge in [0.2, 0.25) is 5.91 Å². The van der Waals surface area contributed by atoms with Gasteiger partial charge in [-0.25, -0.2) is 0 Å². The standard InChI is InChI=1S/C12H24N2O2/c1-3-7-14(10-11-4-5-11)12(15)9-13-6-8-16-2/h11,13H,3-10H2,1-2H3. The van der Waals surface area contributed by atoms with Gasteiger partial charge in [-0.3, -0.25) is 4.79 Å². The molecule has 0 atom stereocenters. The number of ether oxygens (including phenoxy) is 1. The van der Waals surface area contributed by atoms with Crippen molar-refractivity contribution < 1.29 is 9.53 Å². The fourth-order valence-corrected chi connectivity index (χ4v) is 1.68. The van der Waals surface area contributed by atoms with Crippen LogP contribution < -0.4 is 5.32 Å². The Hall–Kier alpha value is -0.610. The van der Waals surface area contributed by atoms with Crippen molar-refractivity contribution in [2.24, 2.45) is 5.92 Å². The van der Waals surface area contributed by atoms with Crippen molar-refractivity contribution in [3.8, 4) is 0 Å². The molecule has 1 saturated carbocycles. The first kappa shape index (κ1) is 13.5. The van der Waals surface area contributed by atoms with Crippen LogP contribution in [-0.4, -0.2) is 50.7 Å². The van der Waals surface area contributed by atoms with E-state index in [2.05, 4.69) is 12.2 Å². The Bertz CT molecular complexity index is 205. The molecule has 94 valence electrons. The normalized spacial score (nSPS) is 15.1. The van der Waals surface area contributed by atoms with E-state index in [1.807, 2.05) is 4.90 Å². The van der Waals surface area contributed by atoms with Crippen LogP contribution in [0.5, 0.6) is 0 Å². The Balaban J connectivity index is 2.17. The van der Waals surface area contributed by atoms with E-state index in [-0.39, 0.29) is 5.91 Å². The maximum Gasteiger partial charge on any atom is 0.236 e. The first-order valence-electron chi connectivity index (χ1n) is 6.25. The van der Waals surface area contributed by atoms with Gasteiger partial charge in [0, 0.05) is 26.7 Å². The number of hydrogen-bond donors (Lipinski definition) is 1. The summed E-state index contributed by atoms with van der Waals surface area (Å²) in [5.74, 6) is 0.999. The number of nitrogens with zero attached hydrogens (tertiary/aromatic N) is 1. The minimum Gasteiger partial charge on any atom is -0.383 e. The van der Waals surface area contributed by atoms with Crippen molar-refractivity contribution in [1.29, 1.82) is 0 Å². The number of methoxy groups -OCH3 is 1. The van der Waals surface area contributed by atoms with Gasteiger partial charge in [-0.2, -0.15) is 0 Å². The summed E-state index contributed by atoms with van der Waals surface area (Å²) >= 11 is 0. The number of rotatable bonds is 9. The van der Waals surface area contributed by atoms with Crippen LogP contribution in [0.3, 0.4) is 0 Å². The van der Waals surface area contributed by atoms with Crippen LogP contribution in [0, 0.1) is 5.92 Å². The highest BCUT2D eigenvalue weighted by atomic mass is 16.5. The van der Waals surface area contributed by atoms with Crippen molar-refractivity contribution >= 4 is 5.91 Å². The number of nitrogens with one attached hydrogen (secondary N) is 1. The molecule has 0 spiro atoms. The second-order valence-corrected chi connectivity index (χ2v) is 4.45. The minimum atomic E-state index is 0.227. The monoisotopic (exact) mass is 228 g/mol. The molecule has 1 aliphatic carbocycles. The molecule has 0 aromatic rings. The molecule has 0 heterocycles. The second kappa shape index (κ2) is 7.63. The van der Waals surface area contributed by atoms with E-state index in [1.54, 1.807) is 7.11 Å². The Kier molecular flexibility index (Phi) is 6.42. The van der Waals surface area contributed by atoms with E-state index in [4.69, 9.17) is 4.74 Å². The first-order chi connectivity index (χ1) is 7.77. The molecule has 16 heavy (non-hydrogen) atoms. The molecule has 0 unspecified atom stereocenters. The van der Waals surface area contributed by atoms with Crippen LogP contribution in [0.4, 0.5) is 0 Å². The predicted octanol–water partition coefficient (Wildman–Crippen LogP) is 0.871. The molecule has 0 aromatic heterocycles. The Morgan fingerprint density at radius 2 is 2.25 bits per heavy atom. The van der Waals surface area contributed by atoms with Crippen molar-refractivity contribution in [2.45, 2.75) is 26.2 Å². The van der Waals surface area contributed by atoms with E-state index in [1.165, 1.54) is 12.8 Å². The molecule has 0 bridgehead atoms. The highest BCUT2D eigenvalue weighted by molar-refractivity contribution is 5.78. The van der Waals surface area contributed by atoms with Gasteiger partial charge >= 0.3 is 0 Å². The average molecular weight is 228 g/mol. The summed E-state index contributed by atoms with van der Waals surface area (Å²) in [5.41, 5.74) is 0. The molecule has 0 radical (unpaired) electrons. The molecule has 0 saturated heterocycles. The van der Waals surface area contributed by atoms with Gasteiger partial charge in [-0.05, 0) is 25.2 Å². The van der Waals surface area contributed by atoms with E-state index < -0.39 is 0 Å². The lowest BCUT2D eigenvalue weighted by Crippen LogP contribution is -2.40. The number of amides is 1. The molecule has 0 aliphatic heterocycles. The highest BCUT2D eigenvalue weighted by Gasteiger charge is 2.25. The molecular formula is C12H24N2O2. The lowest BCUT2D eigenvalue weighted by molar-refractivity contribution is -0.130. The summed E-state index contributed by atoms with van der Waals surface area (Å²) in [4.78, 5) is 13.9. The second-order valence-electron chi connectivity index (χ2n) is 4.45. The van der Waals surface area contributed by atoms with E-state index in [0.717, 1.165) is 32.0 Å². The molecule has 4 nitrogen and oxygen atoms in total. The third-order valence-corrected chi connectivity index (χ3v) is 2.78. The van der Waals surface area contributed by atoms with Gasteiger partial charge in [-0.1, -0.05) is 6.92 Å². The van der Waals surface area contributed by atoms with Gasteiger partial charge in [0.25, 0.3) is 0 Å². The van der Waals surface area contributed by atoms with Crippen LogP contribution >= 0.6 is 0 Å². The van der Waals surface area contributed by atoms with E-state index >= 15 is 0 Å². The van der Waals surface area contributed by atoms with E-state index in [9.17, 15) is 4.79 Å². The van der Waals surface area contributed by atoms with Gasteiger partial charge in [0.15, 0.2) is 0 Å². The zero-order valence-corrected chi connectivity index (χ0v) is 10.5. The summed E-state index contributed by atoms with van der Waals surface area (Å²) in [6, 6.07) is 0. The smallest absolute Gasteiger partial charge is 0.236 e. The quantitative estimate of drug-likeness (QED) is 0.595. The van der Waals surface area contributed by atoms with Gasteiger partial charge in [0.05, 0.1) is 13.2 Å². The number of carbonyl (C=O) groups is 1. The fourth-order valence-electron chi connectivity index (χ4n) is 1.68. The number of hydrogen-bond acceptors (Lipinski definition) is 3. The molecular weight excluding hydrogens is 204 g/mol. The van der Waals surface area contributed by atoms with Crippen LogP contribution in [0.25, 0.3) is 0 Å². The van der Waals surface area contributed by atoms with E-state index in [0.29, 0.717) is 13.2 Å². The van der Waals surface area contributed by atoms with Crippen molar-refractivity contribution in [1.82, 2.24) is 10.2 Å². The summed E-state index contributed by atoms with van der Waals surface area (Å²) in [6.45, 7) is 5.80. The lowest BCUT2D eigenvalue weighted by Gasteiger charge is -2.22. The average Bonchev–Trinajstić information content (AvgIpc) is 3.07. The zero-order chi connectivity index (χ0) is 11.8. The molecule has 4 heteroatoms. The Labute approximate surface area is 98.3 Å². The predicted molar refractivity (Wildman–Crippen MR) is 64.3 cm³/mol. The fraction of sp³-hybridized carbons (Fsp3) is 0.917. The third-order valence-electron chi connectivity index (χ3n) is 2.78. The van der Waals surface area contributed by atoms with Crippen molar-refractivity contribution in [3.63, 3.8) is 0 Å². The Morgan fingerprint density at radius 3 is 2.81 bits per heavy atom. The first-order valence-corrected chi connectivity index (χ1v) is 6.25.